The molecule has 2 heterocycles. The van der Waals surface area contributed by atoms with Crippen LogP contribution in [0.5, 0.6) is 0 Å². The van der Waals surface area contributed by atoms with Gasteiger partial charge in [0.15, 0.2) is 0 Å². The van der Waals surface area contributed by atoms with Crippen LogP contribution in [0.3, 0.4) is 0 Å². The SMILES string of the molecule is CCN1C(=O)C(C)(C)c2cc(S(=O)(=O)NCC3(CN4CCCC4)CC3)cc(C)c21. The molecule has 0 aromatic heterocycles. The van der Waals surface area contributed by atoms with E-state index < -0.39 is 15.4 Å². The van der Waals surface area contributed by atoms with Crippen LogP contribution in [0.15, 0.2) is 17.0 Å². The minimum absolute atomic E-state index is 0.0307. The Morgan fingerprint density at radius 1 is 1.14 bits per heavy atom. The lowest BCUT2D eigenvalue weighted by atomic mass is 9.85. The van der Waals surface area contributed by atoms with Gasteiger partial charge in [0, 0.05) is 19.6 Å². The predicted octanol–water partition coefficient (Wildman–Crippen LogP) is 2.79. The van der Waals surface area contributed by atoms with Crippen molar-refractivity contribution in [1.29, 1.82) is 0 Å². The maximum atomic E-state index is 13.1. The van der Waals surface area contributed by atoms with E-state index in [9.17, 15) is 13.2 Å². The van der Waals surface area contributed by atoms with Crippen LogP contribution in [0.2, 0.25) is 0 Å². The molecule has 29 heavy (non-hydrogen) atoms. The Hall–Kier alpha value is -1.44. The highest BCUT2D eigenvalue weighted by Crippen LogP contribution is 2.47. The number of anilines is 1. The van der Waals surface area contributed by atoms with Gasteiger partial charge in [-0.05, 0) is 95.1 Å². The molecule has 1 aromatic rings. The number of nitrogens with zero attached hydrogens (tertiary/aromatic N) is 2. The molecule has 2 aliphatic heterocycles. The lowest BCUT2D eigenvalue weighted by Gasteiger charge is -2.23. The van der Waals surface area contributed by atoms with E-state index in [0.29, 0.717) is 13.1 Å². The van der Waals surface area contributed by atoms with Crippen molar-refractivity contribution < 1.29 is 13.2 Å². The van der Waals surface area contributed by atoms with Crippen molar-refractivity contribution in [3.8, 4) is 0 Å². The van der Waals surface area contributed by atoms with Crippen LogP contribution >= 0.6 is 0 Å². The van der Waals surface area contributed by atoms with E-state index in [4.69, 9.17) is 0 Å². The number of likely N-dealkylation sites (N-methyl/N-ethyl adjacent to an activating group) is 1. The summed E-state index contributed by atoms with van der Waals surface area (Å²) < 4.78 is 29.1. The molecule has 0 radical (unpaired) electrons. The van der Waals surface area contributed by atoms with E-state index in [0.717, 1.165) is 49.3 Å². The summed E-state index contributed by atoms with van der Waals surface area (Å²) in [6.45, 7) is 11.9. The fourth-order valence-corrected chi connectivity index (χ4v) is 6.17. The van der Waals surface area contributed by atoms with Gasteiger partial charge in [-0.2, -0.15) is 0 Å². The standard InChI is InChI=1S/C22H33N3O3S/c1-5-25-19-16(2)12-17(13-18(19)21(3,4)20(25)26)29(27,28)23-14-22(8-9-22)15-24-10-6-7-11-24/h12-13,23H,5-11,14-15H2,1-4H3. The monoisotopic (exact) mass is 419 g/mol. The molecule has 0 spiro atoms. The molecule has 160 valence electrons. The second kappa shape index (κ2) is 7.06. The van der Waals surface area contributed by atoms with Crippen LogP contribution in [-0.2, 0) is 20.2 Å². The van der Waals surface area contributed by atoms with Gasteiger partial charge in [0.05, 0.1) is 16.0 Å². The number of sulfonamides is 1. The number of hydrogen-bond donors (Lipinski definition) is 1. The van der Waals surface area contributed by atoms with E-state index in [1.807, 2.05) is 27.7 Å². The summed E-state index contributed by atoms with van der Waals surface area (Å²) in [5.74, 6) is 0.0307. The van der Waals surface area contributed by atoms with E-state index >= 15 is 0 Å². The van der Waals surface area contributed by atoms with Crippen LogP contribution in [0, 0.1) is 12.3 Å². The summed E-state index contributed by atoms with van der Waals surface area (Å²) >= 11 is 0. The third-order valence-electron chi connectivity index (χ3n) is 6.98. The van der Waals surface area contributed by atoms with E-state index in [-0.39, 0.29) is 16.2 Å². The number of hydrogen-bond acceptors (Lipinski definition) is 4. The van der Waals surface area contributed by atoms with Crippen LogP contribution in [-0.4, -0.2) is 51.9 Å². The van der Waals surface area contributed by atoms with Gasteiger partial charge >= 0.3 is 0 Å². The maximum Gasteiger partial charge on any atom is 0.240 e. The van der Waals surface area contributed by atoms with Crippen molar-refractivity contribution in [2.45, 2.75) is 63.7 Å². The highest BCUT2D eigenvalue weighted by molar-refractivity contribution is 7.89. The first-order valence-electron chi connectivity index (χ1n) is 10.8. The Labute approximate surface area is 174 Å². The van der Waals surface area contributed by atoms with Gasteiger partial charge in [-0.25, -0.2) is 13.1 Å². The minimum Gasteiger partial charge on any atom is -0.311 e. The molecule has 0 unspecified atom stereocenters. The van der Waals surface area contributed by atoms with Gasteiger partial charge in [-0.3, -0.25) is 4.79 Å². The average molecular weight is 420 g/mol. The molecule has 0 bridgehead atoms. The van der Waals surface area contributed by atoms with Crippen LogP contribution in [0.1, 0.15) is 57.6 Å². The number of likely N-dealkylation sites (tertiary alicyclic amines) is 1. The van der Waals surface area contributed by atoms with Gasteiger partial charge in [-0.15, -0.1) is 0 Å². The summed E-state index contributed by atoms with van der Waals surface area (Å²) in [6, 6.07) is 3.41. The van der Waals surface area contributed by atoms with Gasteiger partial charge in [-0.1, -0.05) is 0 Å². The van der Waals surface area contributed by atoms with Gasteiger partial charge in [0.1, 0.15) is 0 Å². The summed E-state index contributed by atoms with van der Waals surface area (Å²) in [7, 11) is -3.62. The third-order valence-corrected chi connectivity index (χ3v) is 8.36. The molecule has 7 heteroatoms. The smallest absolute Gasteiger partial charge is 0.240 e. The largest absolute Gasteiger partial charge is 0.311 e. The summed E-state index contributed by atoms with van der Waals surface area (Å²) in [6.07, 6.45) is 4.67. The lowest BCUT2D eigenvalue weighted by Crippen LogP contribution is -2.37. The number of aryl methyl sites for hydroxylation is 1. The van der Waals surface area contributed by atoms with E-state index in [1.165, 1.54) is 12.8 Å². The zero-order valence-corrected chi connectivity index (χ0v) is 18.9. The third kappa shape index (κ3) is 3.62. The zero-order valence-electron chi connectivity index (χ0n) is 18.0. The normalized spacial score (nSPS) is 22.9. The second-order valence-corrected chi connectivity index (χ2v) is 11.4. The molecule has 1 saturated heterocycles. The van der Waals surface area contributed by atoms with Gasteiger partial charge in [0.2, 0.25) is 15.9 Å². The molecule has 1 saturated carbocycles. The van der Waals surface area contributed by atoms with Crippen LogP contribution in [0.4, 0.5) is 5.69 Å². The van der Waals surface area contributed by atoms with Crippen LogP contribution in [0.25, 0.3) is 0 Å². The number of amides is 1. The summed E-state index contributed by atoms with van der Waals surface area (Å²) in [5.41, 5.74) is 1.89. The Morgan fingerprint density at radius 3 is 2.38 bits per heavy atom. The number of rotatable bonds is 7. The lowest BCUT2D eigenvalue weighted by molar-refractivity contribution is -0.122. The Bertz CT molecular complexity index is 929. The van der Waals surface area contributed by atoms with Gasteiger partial charge < -0.3 is 9.80 Å². The molecular formula is C22H33N3O3S. The number of benzene rings is 1. The Kier molecular flexibility index (Phi) is 5.07. The molecule has 1 N–H and O–H groups in total. The van der Waals surface area contributed by atoms with Crippen molar-refractivity contribution >= 4 is 21.6 Å². The van der Waals surface area contributed by atoms with E-state index in [2.05, 4.69) is 9.62 Å². The molecular weight excluding hydrogens is 386 g/mol. The molecule has 1 aromatic carbocycles. The first kappa shape index (κ1) is 20.8. The first-order chi connectivity index (χ1) is 13.6. The number of carbonyl (C=O) groups excluding carboxylic acids is 1. The Balaban J connectivity index is 1.56. The Morgan fingerprint density at radius 2 is 1.79 bits per heavy atom. The number of fused-ring (bicyclic) bond motifs is 1. The highest BCUT2D eigenvalue weighted by Gasteiger charge is 2.46. The molecule has 0 atom stereocenters. The van der Waals surface area contributed by atoms with Crippen molar-refractivity contribution in [1.82, 2.24) is 9.62 Å². The molecule has 6 nitrogen and oxygen atoms in total. The van der Waals surface area contributed by atoms with Crippen molar-refractivity contribution in [3.63, 3.8) is 0 Å². The van der Waals surface area contributed by atoms with Crippen molar-refractivity contribution in [3.05, 3.63) is 23.3 Å². The molecule has 3 aliphatic rings. The molecule has 2 fully saturated rings. The van der Waals surface area contributed by atoms with Crippen molar-refractivity contribution in [2.24, 2.45) is 5.41 Å². The van der Waals surface area contributed by atoms with Crippen molar-refractivity contribution in [2.75, 3.05) is 37.6 Å². The minimum atomic E-state index is -3.62. The summed E-state index contributed by atoms with van der Waals surface area (Å²) in [4.78, 5) is 17.3. The topological polar surface area (TPSA) is 69.7 Å². The average Bonchev–Trinajstić information content (AvgIpc) is 3.17. The maximum absolute atomic E-state index is 13.1. The van der Waals surface area contributed by atoms with Crippen LogP contribution < -0.4 is 9.62 Å². The first-order valence-corrected chi connectivity index (χ1v) is 12.3. The summed E-state index contributed by atoms with van der Waals surface area (Å²) in [5, 5.41) is 0. The predicted molar refractivity (Wildman–Crippen MR) is 115 cm³/mol. The number of nitrogens with one attached hydrogen (secondary N) is 1. The highest BCUT2D eigenvalue weighted by atomic mass is 32.2. The fraction of sp³-hybridized carbons (Fsp3) is 0.682. The molecule has 1 amide bonds. The van der Waals surface area contributed by atoms with E-state index in [1.54, 1.807) is 17.0 Å². The molecule has 1 aliphatic carbocycles. The zero-order chi connectivity index (χ0) is 21.0. The fourth-order valence-electron chi connectivity index (χ4n) is 4.91. The quantitative estimate of drug-likeness (QED) is 0.738. The second-order valence-electron chi connectivity index (χ2n) is 9.62. The molecule has 4 rings (SSSR count). The number of carbonyl (C=O) groups is 1. The van der Waals surface area contributed by atoms with Gasteiger partial charge in [0.25, 0.3) is 0 Å².